The van der Waals surface area contributed by atoms with Crippen LogP contribution in [0.3, 0.4) is 0 Å². The molecule has 0 atom stereocenters. The van der Waals surface area contributed by atoms with Gasteiger partial charge in [-0.15, -0.1) is 0 Å². The van der Waals surface area contributed by atoms with E-state index in [4.69, 9.17) is 18.4 Å². The third kappa shape index (κ3) is 16.3. The van der Waals surface area contributed by atoms with Crippen molar-refractivity contribution < 1.29 is 13.3 Å². The molecular formula is C12H32N2O3S6Si. The number of rotatable bonds is 15. The van der Waals surface area contributed by atoms with Crippen molar-refractivity contribution in [2.75, 3.05) is 45.1 Å². The predicted octanol–water partition coefficient (Wildman–Crippen LogP) is 5.45. The van der Waals surface area contributed by atoms with Crippen LogP contribution in [0.5, 0.6) is 0 Å². The van der Waals surface area contributed by atoms with Gasteiger partial charge in [-0.25, -0.2) is 0 Å². The molecule has 0 aliphatic heterocycles. The first-order chi connectivity index (χ1) is 11.6. The minimum Gasteiger partial charge on any atom is -0.374 e. The van der Waals surface area contributed by atoms with Crippen molar-refractivity contribution in [2.24, 2.45) is 5.14 Å². The van der Waals surface area contributed by atoms with E-state index in [2.05, 4.69) is 16.2 Å². The average Bonchev–Trinajstić information content (AvgIpc) is 2.58. The third-order valence-electron chi connectivity index (χ3n) is 2.46. The topological polar surface area (TPSA) is 57.0 Å². The number of nitrogens with zero attached hydrogens (tertiary/aromatic N) is 1. The zero-order valence-electron chi connectivity index (χ0n) is 15.4. The molecule has 0 aromatic rings. The molecule has 0 aromatic carbocycles. The fourth-order valence-electron chi connectivity index (χ4n) is 1.73. The monoisotopic (exact) mass is 472 g/mol. The van der Waals surface area contributed by atoms with Crippen molar-refractivity contribution in [3.05, 3.63) is 0 Å². The first kappa shape index (κ1) is 28.3. The Morgan fingerprint density at radius 2 is 1.38 bits per heavy atom. The summed E-state index contributed by atoms with van der Waals surface area (Å²) in [7, 11) is 3.82. The van der Waals surface area contributed by atoms with E-state index < -0.39 is 8.80 Å². The van der Waals surface area contributed by atoms with E-state index in [1.165, 1.54) is 11.0 Å². The summed E-state index contributed by atoms with van der Waals surface area (Å²) in [5.41, 5.74) is 0. The molecule has 0 saturated carbocycles. The molecule has 148 valence electrons. The molecule has 0 saturated heterocycles. The molecule has 0 aliphatic rings. The lowest BCUT2D eigenvalue weighted by Gasteiger charge is -2.29. The summed E-state index contributed by atoms with van der Waals surface area (Å²) < 4.78 is 19.7. The molecular weight excluding hydrogens is 441 g/mol. The van der Waals surface area contributed by atoms with Crippen molar-refractivity contribution in [1.29, 1.82) is 0 Å². The lowest BCUT2D eigenvalue weighted by Crippen LogP contribution is -2.46. The maximum Gasteiger partial charge on any atom is 0.500 e. The van der Waals surface area contributed by atoms with Crippen LogP contribution in [0.2, 0.25) is 6.04 Å². The summed E-state index contributed by atoms with van der Waals surface area (Å²) in [4.78, 5) is 0. The lowest BCUT2D eigenvalue weighted by atomic mass is 10.5. The fourth-order valence-corrected chi connectivity index (χ4v) is 9.05. The second-order valence-corrected chi connectivity index (χ2v) is 14.1. The highest BCUT2D eigenvalue weighted by Gasteiger charge is 2.39. The summed E-state index contributed by atoms with van der Waals surface area (Å²) >= 11 is 3.50. The summed E-state index contributed by atoms with van der Waals surface area (Å²) in [5.74, 6) is 0. The van der Waals surface area contributed by atoms with Crippen LogP contribution in [-0.2, 0) is 13.3 Å². The van der Waals surface area contributed by atoms with Gasteiger partial charge in [-0.05, 0) is 66.8 Å². The van der Waals surface area contributed by atoms with Crippen LogP contribution in [0.1, 0.15) is 27.2 Å². The summed E-state index contributed by atoms with van der Waals surface area (Å²) in [6.07, 6.45) is 7.24. The summed E-state index contributed by atoms with van der Waals surface area (Å²) in [6.45, 7) is 8.97. The average molecular weight is 473 g/mol. The second-order valence-electron chi connectivity index (χ2n) is 3.91. The van der Waals surface area contributed by atoms with Crippen molar-refractivity contribution in [3.63, 3.8) is 0 Å². The Morgan fingerprint density at radius 1 is 0.875 bits per heavy atom. The predicted molar refractivity (Wildman–Crippen MR) is 124 cm³/mol. The molecule has 0 fully saturated rings. The quantitative estimate of drug-likeness (QED) is 0.143. The molecule has 0 heterocycles. The zero-order valence-corrected chi connectivity index (χ0v) is 21.3. The molecule has 24 heavy (non-hydrogen) atoms. The Bertz CT molecular complexity index is 238. The second kappa shape index (κ2) is 21.4. The highest BCUT2D eigenvalue weighted by molar-refractivity contribution is 9.25. The molecule has 0 rings (SSSR count). The molecule has 12 heteroatoms. The largest absolute Gasteiger partial charge is 0.500 e. The van der Waals surface area contributed by atoms with E-state index in [0.29, 0.717) is 19.8 Å². The Balaban J connectivity index is 0. The van der Waals surface area contributed by atoms with Gasteiger partial charge in [0.05, 0.1) is 0 Å². The van der Waals surface area contributed by atoms with E-state index in [1.807, 2.05) is 27.0 Å². The Morgan fingerprint density at radius 3 is 1.67 bits per heavy atom. The Labute approximate surface area is 173 Å². The Hall–Kier alpha value is 2.12. The minimum atomic E-state index is -2.43. The molecule has 0 amide bonds. The van der Waals surface area contributed by atoms with Gasteiger partial charge in [0.15, 0.2) is 0 Å². The molecule has 0 aromatic heterocycles. The van der Waals surface area contributed by atoms with Gasteiger partial charge in [0, 0.05) is 42.2 Å². The molecule has 5 nitrogen and oxygen atoms in total. The highest BCUT2D eigenvalue weighted by atomic mass is 33.7. The van der Waals surface area contributed by atoms with Crippen molar-refractivity contribution in [3.8, 4) is 0 Å². The molecule has 0 bridgehead atoms. The Kier molecular flexibility index (Phi) is 25.3. The number of hydrogen-bond acceptors (Lipinski definition) is 11. The highest BCUT2D eigenvalue weighted by Crippen LogP contribution is 2.38. The van der Waals surface area contributed by atoms with Crippen LogP contribution in [0, 0.1) is 0 Å². The standard InChI is InChI=1S/C11H27NO3S2Si.CH5NS4/c1-6-13-18(14-7-2,15-8-3)11-9-10-12(16-4)17-5;1-3-5-6-4-2/h6-11H2,1-5H3;2H2,1H3. The molecule has 2 N–H and O–H groups in total. The summed E-state index contributed by atoms with van der Waals surface area (Å²) in [5, 5.41) is 5.06. The maximum atomic E-state index is 5.82. The summed E-state index contributed by atoms with van der Waals surface area (Å²) in [6, 6.07) is 0.889. The number of hydrogen-bond donors (Lipinski definition) is 1. The SMILES string of the molecule is CCO[Si](CCCN(SC)SC)(OCC)OCC.CSSSSN. The molecule has 0 unspecified atom stereocenters. The van der Waals surface area contributed by atoms with E-state index in [-0.39, 0.29) is 0 Å². The molecule has 0 spiro atoms. The molecule has 0 aliphatic carbocycles. The number of nitrogens with two attached hydrogens (primary N) is 1. The fraction of sp³-hybridized carbons (Fsp3) is 1.00. The van der Waals surface area contributed by atoms with E-state index in [1.54, 1.807) is 54.3 Å². The van der Waals surface area contributed by atoms with Crippen LogP contribution >= 0.6 is 65.3 Å². The van der Waals surface area contributed by atoms with Gasteiger partial charge in [0.2, 0.25) is 0 Å². The van der Waals surface area contributed by atoms with Gasteiger partial charge in [0.25, 0.3) is 0 Å². The van der Waals surface area contributed by atoms with Crippen LogP contribution in [-0.4, -0.2) is 57.6 Å². The van der Waals surface area contributed by atoms with Crippen LogP contribution in [0.4, 0.5) is 0 Å². The smallest absolute Gasteiger partial charge is 0.374 e. The minimum absolute atomic E-state index is 0.654. The third-order valence-corrected chi connectivity index (χ3v) is 12.7. The van der Waals surface area contributed by atoms with Crippen LogP contribution in [0.25, 0.3) is 0 Å². The van der Waals surface area contributed by atoms with Gasteiger partial charge in [-0.1, -0.05) is 34.7 Å². The van der Waals surface area contributed by atoms with E-state index in [9.17, 15) is 0 Å². The van der Waals surface area contributed by atoms with Crippen LogP contribution in [0.15, 0.2) is 0 Å². The van der Waals surface area contributed by atoms with Gasteiger partial charge < -0.3 is 13.3 Å². The maximum absolute atomic E-state index is 5.82. The first-order valence-electron chi connectivity index (χ1n) is 7.60. The lowest BCUT2D eigenvalue weighted by molar-refractivity contribution is 0.0707. The molecule has 0 radical (unpaired) electrons. The first-order valence-corrected chi connectivity index (χ1v) is 17.2. The van der Waals surface area contributed by atoms with Crippen LogP contribution < -0.4 is 5.14 Å². The van der Waals surface area contributed by atoms with E-state index in [0.717, 1.165) is 19.0 Å². The zero-order chi connectivity index (χ0) is 18.7. The van der Waals surface area contributed by atoms with E-state index >= 15 is 0 Å². The van der Waals surface area contributed by atoms with Crippen molar-refractivity contribution in [1.82, 2.24) is 3.71 Å². The van der Waals surface area contributed by atoms with Crippen molar-refractivity contribution >= 4 is 74.1 Å². The van der Waals surface area contributed by atoms with Crippen molar-refractivity contribution in [2.45, 2.75) is 33.2 Å². The van der Waals surface area contributed by atoms with Gasteiger partial charge in [-0.3, -0.25) is 5.14 Å². The normalized spacial score (nSPS) is 11.5. The van der Waals surface area contributed by atoms with Gasteiger partial charge in [-0.2, -0.15) is 3.71 Å². The van der Waals surface area contributed by atoms with Gasteiger partial charge >= 0.3 is 8.80 Å². The van der Waals surface area contributed by atoms with Gasteiger partial charge in [0.1, 0.15) is 0 Å².